The van der Waals surface area contributed by atoms with Crippen molar-refractivity contribution in [3.05, 3.63) is 99.6 Å². The standard InChI is InChI=1S/C23H19N3O3S/c1-2-16-11-12-20-21(13-16)30-23(24-20)25(15-17-7-4-3-5-8-17)22(27)18-9-6-10-19(14-18)26(28)29/h3-14H,2,15H2,1H3. The number of rotatable bonds is 6. The van der Waals surface area contributed by atoms with Crippen molar-refractivity contribution in [3.8, 4) is 0 Å². The summed E-state index contributed by atoms with van der Waals surface area (Å²) in [6, 6.07) is 21.5. The first kappa shape index (κ1) is 19.7. The topological polar surface area (TPSA) is 76.3 Å². The van der Waals surface area contributed by atoms with Gasteiger partial charge >= 0.3 is 0 Å². The number of fused-ring (bicyclic) bond motifs is 1. The maximum atomic E-state index is 13.4. The average Bonchev–Trinajstić information content (AvgIpc) is 3.20. The largest absolute Gasteiger partial charge is 0.279 e. The van der Waals surface area contributed by atoms with Crippen LogP contribution in [-0.4, -0.2) is 15.8 Å². The van der Waals surface area contributed by atoms with Crippen LogP contribution in [0.3, 0.4) is 0 Å². The van der Waals surface area contributed by atoms with Gasteiger partial charge in [0.25, 0.3) is 11.6 Å². The Bertz CT molecular complexity index is 1220. The summed E-state index contributed by atoms with van der Waals surface area (Å²) in [5.74, 6) is -0.322. The van der Waals surface area contributed by atoms with Gasteiger partial charge in [0.1, 0.15) is 0 Å². The first-order valence-electron chi connectivity index (χ1n) is 9.55. The molecule has 0 aliphatic rings. The highest BCUT2D eigenvalue weighted by Crippen LogP contribution is 2.32. The van der Waals surface area contributed by atoms with Crippen LogP contribution < -0.4 is 4.90 Å². The Kier molecular flexibility index (Phi) is 5.54. The van der Waals surface area contributed by atoms with Gasteiger partial charge in [0.15, 0.2) is 5.13 Å². The molecule has 4 aromatic rings. The normalized spacial score (nSPS) is 10.8. The van der Waals surface area contributed by atoms with E-state index in [-0.39, 0.29) is 17.2 Å². The molecule has 0 spiro atoms. The molecule has 6 nitrogen and oxygen atoms in total. The zero-order chi connectivity index (χ0) is 21.1. The van der Waals surface area contributed by atoms with E-state index < -0.39 is 4.92 Å². The Labute approximate surface area is 177 Å². The first-order valence-corrected chi connectivity index (χ1v) is 10.4. The number of hydrogen-bond donors (Lipinski definition) is 0. The van der Waals surface area contributed by atoms with Crippen molar-refractivity contribution >= 4 is 38.3 Å². The molecule has 0 saturated heterocycles. The third-order valence-corrected chi connectivity index (χ3v) is 5.85. The van der Waals surface area contributed by atoms with Gasteiger partial charge in [-0.05, 0) is 35.7 Å². The van der Waals surface area contributed by atoms with Crippen LogP contribution in [0.4, 0.5) is 10.8 Å². The maximum Gasteiger partial charge on any atom is 0.270 e. The van der Waals surface area contributed by atoms with E-state index >= 15 is 0 Å². The van der Waals surface area contributed by atoms with Crippen molar-refractivity contribution in [3.63, 3.8) is 0 Å². The van der Waals surface area contributed by atoms with Gasteiger partial charge < -0.3 is 0 Å². The van der Waals surface area contributed by atoms with Crippen molar-refractivity contribution < 1.29 is 9.72 Å². The minimum Gasteiger partial charge on any atom is -0.279 e. The quantitative estimate of drug-likeness (QED) is 0.302. The highest BCUT2D eigenvalue weighted by atomic mass is 32.1. The van der Waals surface area contributed by atoms with E-state index in [4.69, 9.17) is 0 Å². The Morgan fingerprint density at radius 3 is 2.57 bits per heavy atom. The van der Waals surface area contributed by atoms with Crippen LogP contribution in [0.5, 0.6) is 0 Å². The SMILES string of the molecule is CCc1ccc2nc(N(Cc3ccccc3)C(=O)c3cccc([N+](=O)[O-])c3)sc2c1. The van der Waals surface area contributed by atoms with Crippen molar-refractivity contribution in [1.29, 1.82) is 0 Å². The molecule has 1 amide bonds. The van der Waals surface area contributed by atoms with E-state index in [1.54, 1.807) is 11.0 Å². The fourth-order valence-electron chi connectivity index (χ4n) is 3.19. The second-order valence-corrected chi connectivity index (χ2v) is 7.85. The van der Waals surface area contributed by atoms with Crippen LogP contribution in [-0.2, 0) is 13.0 Å². The maximum absolute atomic E-state index is 13.4. The van der Waals surface area contributed by atoms with Crippen LogP contribution in [0, 0.1) is 10.1 Å². The smallest absolute Gasteiger partial charge is 0.270 e. The predicted molar refractivity (Wildman–Crippen MR) is 119 cm³/mol. The van der Waals surface area contributed by atoms with Gasteiger partial charge in [-0.3, -0.25) is 19.8 Å². The summed E-state index contributed by atoms with van der Waals surface area (Å²) in [7, 11) is 0. The molecular formula is C23H19N3O3S. The number of amides is 1. The number of aryl methyl sites for hydroxylation is 1. The van der Waals surface area contributed by atoms with E-state index in [2.05, 4.69) is 18.0 Å². The number of thiazole rings is 1. The number of nitro groups is 1. The van der Waals surface area contributed by atoms with Gasteiger partial charge in [0, 0.05) is 17.7 Å². The Balaban J connectivity index is 1.77. The molecule has 3 aromatic carbocycles. The fourth-order valence-corrected chi connectivity index (χ4v) is 4.22. The minimum atomic E-state index is -0.498. The molecule has 0 saturated carbocycles. The van der Waals surface area contributed by atoms with Crippen LogP contribution >= 0.6 is 11.3 Å². The molecule has 0 aliphatic carbocycles. The Morgan fingerprint density at radius 1 is 1.03 bits per heavy atom. The Morgan fingerprint density at radius 2 is 1.83 bits per heavy atom. The molecule has 0 N–H and O–H groups in total. The monoisotopic (exact) mass is 417 g/mol. The van der Waals surface area contributed by atoms with Crippen molar-refractivity contribution in [2.75, 3.05) is 4.90 Å². The number of nitro benzene ring substituents is 1. The summed E-state index contributed by atoms with van der Waals surface area (Å²) in [4.78, 5) is 30.3. The highest BCUT2D eigenvalue weighted by molar-refractivity contribution is 7.22. The molecule has 30 heavy (non-hydrogen) atoms. The van der Waals surface area contributed by atoms with Crippen LogP contribution in [0.25, 0.3) is 10.2 Å². The van der Waals surface area contributed by atoms with E-state index in [1.807, 2.05) is 42.5 Å². The lowest BCUT2D eigenvalue weighted by Gasteiger charge is -2.20. The lowest BCUT2D eigenvalue weighted by atomic mass is 10.1. The van der Waals surface area contributed by atoms with Gasteiger partial charge in [-0.1, -0.05) is 60.7 Å². The molecule has 0 fully saturated rings. The number of carbonyl (C=O) groups excluding carboxylic acids is 1. The van der Waals surface area contributed by atoms with Crippen molar-refractivity contribution in [1.82, 2.24) is 4.98 Å². The molecule has 1 heterocycles. The molecule has 4 rings (SSSR count). The van der Waals surface area contributed by atoms with Gasteiger partial charge in [0.2, 0.25) is 0 Å². The molecule has 0 aliphatic heterocycles. The van der Waals surface area contributed by atoms with Crippen LogP contribution in [0.1, 0.15) is 28.4 Å². The highest BCUT2D eigenvalue weighted by Gasteiger charge is 2.23. The molecule has 0 radical (unpaired) electrons. The average molecular weight is 417 g/mol. The van der Waals surface area contributed by atoms with Gasteiger partial charge in [0.05, 0.1) is 21.7 Å². The van der Waals surface area contributed by atoms with Gasteiger partial charge in [-0.2, -0.15) is 0 Å². The number of non-ortho nitro benzene ring substituents is 1. The molecule has 7 heteroatoms. The van der Waals surface area contributed by atoms with E-state index in [0.717, 1.165) is 22.2 Å². The number of hydrogen-bond acceptors (Lipinski definition) is 5. The summed E-state index contributed by atoms with van der Waals surface area (Å²) in [5, 5.41) is 11.7. The molecule has 150 valence electrons. The third-order valence-electron chi connectivity index (χ3n) is 4.81. The van der Waals surface area contributed by atoms with Crippen LogP contribution in [0.15, 0.2) is 72.8 Å². The second-order valence-electron chi connectivity index (χ2n) is 6.84. The Hall–Kier alpha value is -3.58. The summed E-state index contributed by atoms with van der Waals surface area (Å²) < 4.78 is 1.01. The minimum absolute atomic E-state index is 0.114. The summed E-state index contributed by atoms with van der Waals surface area (Å²) in [6.07, 6.45) is 0.920. The summed E-state index contributed by atoms with van der Waals surface area (Å²) in [6.45, 7) is 2.42. The fraction of sp³-hybridized carbons (Fsp3) is 0.130. The summed E-state index contributed by atoms with van der Waals surface area (Å²) in [5.41, 5.74) is 3.13. The molecule has 0 atom stereocenters. The van der Waals surface area contributed by atoms with Crippen LogP contribution in [0.2, 0.25) is 0 Å². The number of carbonyl (C=O) groups is 1. The van der Waals surface area contributed by atoms with Crippen molar-refractivity contribution in [2.45, 2.75) is 19.9 Å². The van der Waals surface area contributed by atoms with Gasteiger partial charge in [-0.25, -0.2) is 4.98 Å². The van der Waals surface area contributed by atoms with Gasteiger partial charge in [-0.15, -0.1) is 0 Å². The predicted octanol–water partition coefficient (Wildman–Crippen LogP) is 5.61. The zero-order valence-electron chi connectivity index (χ0n) is 16.3. The zero-order valence-corrected chi connectivity index (χ0v) is 17.1. The number of benzene rings is 3. The van der Waals surface area contributed by atoms with E-state index in [1.165, 1.54) is 35.1 Å². The second kappa shape index (κ2) is 8.42. The lowest BCUT2D eigenvalue weighted by Crippen LogP contribution is -2.30. The molecule has 1 aromatic heterocycles. The molecule has 0 bridgehead atoms. The van der Waals surface area contributed by atoms with Crippen molar-refractivity contribution in [2.24, 2.45) is 0 Å². The third kappa shape index (κ3) is 4.06. The number of aromatic nitrogens is 1. The van der Waals surface area contributed by atoms with E-state index in [9.17, 15) is 14.9 Å². The lowest BCUT2D eigenvalue weighted by molar-refractivity contribution is -0.384. The summed E-state index contributed by atoms with van der Waals surface area (Å²) >= 11 is 1.45. The van der Waals surface area contributed by atoms with E-state index in [0.29, 0.717) is 11.7 Å². The number of nitrogens with zero attached hydrogens (tertiary/aromatic N) is 3. The first-order chi connectivity index (χ1) is 14.5. The molecular weight excluding hydrogens is 398 g/mol. The molecule has 0 unspecified atom stereocenters. The number of anilines is 1.